The predicted octanol–water partition coefficient (Wildman–Crippen LogP) is 4.06. The number of rotatable bonds is 7. The normalized spacial score (nSPS) is 16.7. The van der Waals surface area contributed by atoms with Crippen LogP contribution in [0.5, 0.6) is 5.75 Å². The van der Waals surface area contributed by atoms with Gasteiger partial charge in [-0.1, -0.05) is 20.8 Å². The Morgan fingerprint density at radius 1 is 1.09 bits per heavy atom. The van der Waals surface area contributed by atoms with Gasteiger partial charge >= 0.3 is 5.97 Å². The predicted molar refractivity (Wildman–Crippen MR) is 136 cm³/mol. The summed E-state index contributed by atoms with van der Waals surface area (Å²) in [5, 5.41) is 2.82. The molecule has 4 rings (SSSR count). The Bertz CT molecular complexity index is 1220. The van der Waals surface area contributed by atoms with E-state index >= 15 is 0 Å². The summed E-state index contributed by atoms with van der Waals surface area (Å²) in [5.74, 6) is 0.337. The second-order valence-electron chi connectivity index (χ2n) is 9.19. The fourth-order valence-electron chi connectivity index (χ4n) is 4.66. The van der Waals surface area contributed by atoms with Crippen LogP contribution >= 0.6 is 0 Å². The van der Waals surface area contributed by atoms with E-state index in [-0.39, 0.29) is 16.4 Å². The van der Waals surface area contributed by atoms with Crippen LogP contribution in [0.1, 0.15) is 56.0 Å². The molecule has 0 aromatic heterocycles. The molecule has 8 nitrogen and oxygen atoms in total. The Balaban J connectivity index is 1.68. The molecule has 2 aliphatic heterocycles. The molecule has 2 aromatic rings. The third-order valence-corrected chi connectivity index (χ3v) is 8.88. The number of aryl methyl sites for hydroxylation is 1. The summed E-state index contributed by atoms with van der Waals surface area (Å²) < 4.78 is 33.5. The van der Waals surface area contributed by atoms with Crippen molar-refractivity contribution in [3.63, 3.8) is 0 Å². The van der Waals surface area contributed by atoms with E-state index in [9.17, 15) is 18.0 Å². The van der Waals surface area contributed by atoms with E-state index in [4.69, 9.17) is 4.74 Å². The van der Waals surface area contributed by atoms with Crippen molar-refractivity contribution >= 4 is 33.3 Å². The Kier molecular flexibility index (Phi) is 7.47. The lowest BCUT2D eigenvalue weighted by Gasteiger charge is -2.33. The van der Waals surface area contributed by atoms with Crippen LogP contribution in [0.15, 0.2) is 41.3 Å². The van der Waals surface area contributed by atoms with E-state index in [0.717, 1.165) is 37.2 Å². The lowest BCUT2D eigenvalue weighted by atomic mass is 9.98. The number of sulfonamides is 1. The van der Waals surface area contributed by atoms with Gasteiger partial charge in [0.25, 0.3) is 0 Å². The number of nitrogens with zero attached hydrogens (tertiary/aromatic N) is 2. The number of esters is 1. The summed E-state index contributed by atoms with van der Waals surface area (Å²) in [6.45, 7) is 8.07. The average Bonchev–Trinajstić information content (AvgIpc) is 2.85. The van der Waals surface area contributed by atoms with Gasteiger partial charge in [-0.05, 0) is 67.1 Å². The van der Waals surface area contributed by atoms with Gasteiger partial charge in [-0.2, -0.15) is 4.31 Å². The highest BCUT2D eigenvalue weighted by Crippen LogP contribution is 2.32. The number of anilines is 2. The molecule has 2 heterocycles. The van der Waals surface area contributed by atoms with Gasteiger partial charge in [0, 0.05) is 38.3 Å². The fraction of sp³-hybridized carbons (Fsp3) is 0.462. The SMILES string of the molecule is CCN(CC)S(=O)(=O)c1ccc(N2CCC(C)CC2)c(C(=O)Oc2ccc3c(c2)CCC(=O)N3)c1. The van der Waals surface area contributed by atoms with Crippen molar-refractivity contribution in [3.8, 4) is 5.75 Å². The van der Waals surface area contributed by atoms with E-state index < -0.39 is 16.0 Å². The van der Waals surface area contributed by atoms with Gasteiger partial charge in [0.1, 0.15) is 5.75 Å². The summed E-state index contributed by atoms with van der Waals surface area (Å²) in [7, 11) is -3.74. The van der Waals surface area contributed by atoms with Crippen LogP contribution in [0.2, 0.25) is 0 Å². The number of piperidine rings is 1. The fourth-order valence-corrected chi connectivity index (χ4v) is 6.15. The van der Waals surface area contributed by atoms with Crippen LogP contribution < -0.4 is 15.0 Å². The van der Waals surface area contributed by atoms with Crippen molar-refractivity contribution in [3.05, 3.63) is 47.5 Å². The first kappa shape index (κ1) is 25.2. The Morgan fingerprint density at radius 3 is 2.49 bits per heavy atom. The number of amides is 1. The van der Waals surface area contributed by atoms with Crippen LogP contribution in [0.25, 0.3) is 0 Å². The number of carbonyl (C=O) groups excluding carboxylic acids is 2. The van der Waals surface area contributed by atoms with Gasteiger partial charge in [0.05, 0.1) is 16.1 Å². The zero-order chi connectivity index (χ0) is 25.2. The molecule has 0 atom stereocenters. The Morgan fingerprint density at radius 2 is 1.80 bits per heavy atom. The van der Waals surface area contributed by atoms with Gasteiger partial charge in [0.15, 0.2) is 0 Å². The average molecular weight is 500 g/mol. The monoisotopic (exact) mass is 499 g/mol. The number of ether oxygens (including phenoxy) is 1. The molecule has 2 aromatic carbocycles. The molecule has 35 heavy (non-hydrogen) atoms. The van der Waals surface area contributed by atoms with Crippen molar-refractivity contribution in [2.45, 2.75) is 51.3 Å². The second-order valence-corrected chi connectivity index (χ2v) is 11.1. The maximum Gasteiger partial charge on any atom is 0.345 e. The van der Waals surface area contributed by atoms with E-state index in [2.05, 4.69) is 17.1 Å². The number of hydrogen-bond acceptors (Lipinski definition) is 6. The van der Waals surface area contributed by atoms with E-state index in [1.165, 1.54) is 10.4 Å². The van der Waals surface area contributed by atoms with E-state index in [1.807, 2.05) is 0 Å². The minimum Gasteiger partial charge on any atom is -0.423 e. The lowest BCUT2D eigenvalue weighted by molar-refractivity contribution is -0.116. The smallest absolute Gasteiger partial charge is 0.345 e. The van der Waals surface area contributed by atoms with Gasteiger partial charge in [-0.25, -0.2) is 13.2 Å². The molecule has 1 amide bonds. The zero-order valence-corrected chi connectivity index (χ0v) is 21.4. The van der Waals surface area contributed by atoms with Crippen molar-refractivity contribution in [2.24, 2.45) is 5.92 Å². The van der Waals surface area contributed by atoms with Gasteiger partial charge in [0.2, 0.25) is 15.9 Å². The standard InChI is InChI=1S/C26H33N3O5S/c1-4-29(5-2)35(32,33)21-8-10-24(28-14-12-18(3)13-15-28)22(17-21)26(31)34-20-7-9-23-19(16-20)6-11-25(30)27-23/h7-10,16-18H,4-6,11-15H2,1-3H3,(H,27,30). The molecule has 2 aliphatic rings. The third-order valence-electron chi connectivity index (χ3n) is 6.84. The van der Waals surface area contributed by atoms with E-state index in [0.29, 0.717) is 43.3 Å². The van der Waals surface area contributed by atoms with Gasteiger partial charge in [-0.3, -0.25) is 4.79 Å². The van der Waals surface area contributed by atoms with Crippen LogP contribution in [0.4, 0.5) is 11.4 Å². The molecule has 0 spiro atoms. The Hall–Kier alpha value is -2.91. The summed E-state index contributed by atoms with van der Waals surface area (Å²) in [5.41, 5.74) is 2.54. The zero-order valence-electron chi connectivity index (χ0n) is 20.5. The molecular weight excluding hydrogens is 466 g/mol. The van der Waals surface area contributed by atoms with Gasteiger partial charge in [-0.15, -0.1) is 0 Å². The number of carbonyl (C=O) groups is 2. The Labute approximate surface area is 207 Å². The topological polar surface area (TPSA) is 96.0 Å². The molecule has 0 aliphatic carbocycles. The van der Waals surface area contributed by atoms with Gasteiger partial charge < -0.3 is 15.0 Å². The first-order valence-electron chi connectivity index (χ1n) is 12.3. The van der Waals surface area contributed by atoms with Crippen molar-refractivity contribution < 1.29 is 22.7 Å². The van der Waals surface area contributed by atoms with Crippen molar-refractivity contribution in [1.29, 1.82) is 0 Å². The molecule has 0 saturated carbocycles. The summed E-state index contributed by atoms with van der Waals surface area (Å²) >= 11 is 0. The molecule has 188 valence electrons. The molecule has 0 unspecified atom stereocenters. The maximum atomic E-state index is 13.4. The molecule has 0 bridgehead atoms. The second kappa shape index (κ2) is 10.4. The summed E-state index contributed by atoms with van der Waals surface area (Å²) in [6.07, 6.45) is 2.96. The quantitative estimate of drug-likeness (QED) is 0.456. The van der Waals surface area contributed by atoms with Crippen molar-refractivity contribution in [2.75, 3.05) is 36.4 Å². The molecule has 1 fully saturated rings. The molecule has 9 heteroatoms. The number of fused-ring (bicyclic) bond motifs is 1. The first-order chi connectivity index (χ1) is 16.7. The molecular formula is C26H33N3O5S. The number of hydrogen-bond donors (Lipinski definition) is 1. The third kappa shape index (κ3) is 5.36. The van der Waals surface area contributed by atoms with E-state index in [1.54, 1.807) is 44.2 Å². The van der Waals surface area contributed by atoms with Crippen molar-refractivity contribution in [1.82, 2.24) is 4.31 Å². The summed E-state index contributed by atoms with van der Waals surface area (Å²) in [4.78, 5) is 27.3. The molecule has 0 radical (unpaired) electrons. The maximum absolute atomic E-state index is 13.4. The highest BCUT2D eigenvalue weighted by atomic mass is 32.2. The number of benzene rings is 2. The minimum absolute atomic E-state index is 0.0334. The molecule has 1 N–H and O–H groups in total. The first-order valence-corrected chi connectivity index (χ1v) is 13.7. The number of nitrogens with one attached hydrogen (secondary N) is 1. The van der Waals surface area contributed by atoms with Crippen LogP contribution in [-0.4, -0.2) is 50.8 Å². The highest BCUT2D eigenvalue weighted by Gasteiger charge is 2.28. The van der Waals surface area contributed by atoms with Crippen LogP contribution in [0, 0.1) is 5.92 Å². The highest BCUT2D eigenvalue weighted by molar-refractivity contribution is 7.89. The summed E-state index contributed by atoms with van der Waals surface area (Å²) in [6, 6.07) is 9.88. The lowest BCUT2D eigenvalue weighted by Crippen LogP contribution is -2.34. The van der Waals surface area contributed by atoms with Crippen LogP contribution in [-0.2, 0) is 21.2 Å². The molecule has 1 saturated heterocycles. The minimum atomic E-state index is -3.74. The largest absolute Gasteiger partial charge is 0.423 e. The van der Waals surface area contributed by atoms with Crippen LogP contribution in [0.3, 0.4) is 0 Å².